The van der Waals surface area contributed by atoms with Gasteiger partial charge in [0.2, 0.25) is 0 Å². The molecule has 0 radical (unpaired) electrons. The lowest BCUT2D eigenvalue weighted by Gasteiger charge is -2.20. The number of hydrogen-bond donors (Lipinski definition) is 2. The van der Waals surface area contributed by atoms with E-state index in [0.29, 0.717) is 5.69 Å². The van der Waals surface area contributed by atoms with E-state index in [1.165, 1.54) is 25.3 Å². The summed E-state index contributed by atoms with van der Waals surface area (Å²) >= 11 is 0. The summed E-state index contributed by atoms with van der Waals surface area (Å²) in [6.07, 6.45) is -0.760. The van der Waals surface area contributed by atoms with Crippen LogP contribution in [0.4, 0.5) is 20.6 Å². The number of nitrogens with one attached hydrogen (secondary N) is 2. The molecular weight excluding hydrogens is 291 g/mol. The number of benzene rings is 1. The van der Waals surface area contributed by atoms with Crippen LogP contribution in [0.5, 0.6) is 0 Å². The van der Waals surface area contributed by atoms with Crippen LogP contribution in [0.15, 0.2) is 18.2 Å². The Hall–Kier alpha value is -2.31. The van der Waals surface area contributed by atoms with Crippen LogP contribution in [0.25, 0.3) is 0 Å². The molecule has 1 aromatic carbocycles. The lowest BCUT2D eigenvalue weighted by Crippen LogP contribution is -2.28. The SMILES string of the molecule is COC(=O)C(C)Nc1ccc(F)c(NC(=O)OC(C)(C)C)c1. The van der Waals surface area contributed by atoms with Crippen LogP contribution in [-0.4, -0.2) is 30.8 Å². The molecule has 1 atom stereocenters. The van der Waals surface area contributed by atoms with Crippen LogP contribution in [0.1, 0.15) is 27.7 Å². The first kappa shape index (κ1) is 17.7. The third kappa shape index (κ3) is 5.59. The number of carbonyl (C=O) groups is 2. The maximum absolute atomic E-state index is 13.7. The van der Waals surface area contributed by atoms with Gasteiger partial charge in [0.1, 0.15) is 17.5 Å². The number of amides is 1. The summed E-state index contributed by atoms with van der Waals surface area (Å²) in [5.74, 6) is -1.06. The van der Waals surface area contributed by atoms with Gasteiger partial charge >= 0.3 is 12.1 Å². The topological polar surface area (TPSA) is 76.7 Å². The van der Waals surface area contributed by atoms with E-state index in [1.807, 2.05) is 0 Å². The Kier molecular flexibility index (Phi) is 5.73. The van der Waals surface area contributed by atoms with Gasteiger partial charge < -0.3 is 14.8 Å². The van der Waals surface area contributed by atoms with Gasteiger partial charge in [0.25, 0.3) is 0 Å². The predicted octanol–water partition coefficient (Wildman–Crippen LogP) is 3.15. The summed E-state index contributed by atoms with van der Waals surface area (Å²) < 4.78 is 23.4. The minimum Gasteiger partial charge on any atom is -0.467 e. The summed E-state index contributed by atoms with van der Waals surface area (Å²) in [4.78, 5) is 23.0. The van der Waals surface area contributed by atoms with E-state index in [9.17, 15) is 14.0 Å². The van der Waals surface area contributed by atoms with Crippen molar-refractivity contribution in [2.45, 2.75) is 39.3 Å². The Bertz CT molecular complexity index is 555. The van der Waals surface area contributed by atoms with Gasteiger partial charge in [0.05, 0.1) is 12.8 Å². The molecule has 1 rings (SSSR count). The van der Waals surface area contributed by atoms with E-state index in [-0.39, 0.29) is 5.69 Å². The van der Waals surface area contributed by atoms with Gasteiger partial charge in [-0.1, -0.05) is 0 Å². The molecule has 0 spiro atoms. The van der Waals surface area contributed by atoms with Gasteiger partial charge in [-0.05, 0) is 45.9 Å². The second-order valence-electron chi connectivity index (χ2n) is 5.71. The Morgan fingerprint density at radius 2 is 1.91 bits per heavy atom. The second kappa shape index (κ2) is 7.11. The Morgan fingerprint density at radius 1 is 1.27 bits per heavy atom. The van der Waals surface area contributed by atoms with Crippen LogP contribution in [0, 0.1) is 5.82 Å². The van der Waals surface area contributed by atoms with Gasteiger partial charge in [0, 0.05) is 5.69 Å². The van der Waals surface area contributed by atoms with Crippen molar-refractivity contribution in [1.29, 1.82) is 0 Å². The average Bonchev–Trinajstić information content (AvgIpc) is 2.39. The fourth-order valence-corrected chi connectivity index (χ4v) is 1.61. The zero-order valence-electron chi connectivity index (χ0n) is 13.3. The molecule has 1 aromatic rings. The number of hydrogen-bond acceptors (Lipinski definition) is 5. The molecule has 7 heteroatoms. The molecule has 22 heavy (non-hydrogen) atoms. The van der Waals surface area contributed by atoms with E-state index < -0.39 is 29.5 Å². The van der Waals surface area contributed by atoms with Crippen molar-refractivity contribution in [3.05, 3.63) is 24.0 Å². The molecule has 0 saturated heterocycles. The van der Waals surface area contributed by atoms with Crippen LogP contribution in [0.3, 0.4) is 0 Å². The number of esters is 1. The summed E-state index contributed by atoms with van der Waals surface area (Å²) in [6.45, 7) is 6.73. The monoisotopic (exact) mass is 312 g/mol. The number of anilines is 2. The molecule has 2 N–H and O–H groups in total. The van der Waals surface area contributed by atoms with Gasteiger partial charge in [-0.15, -0.1) is 0 Å². The fourth-order valence-electron chi connectivity index (χ4n) is 1.61. The molecule has 6 nitrogen and oxygen atoms in total. The molecule has 1 amide bonds. The van der Waals surface area contributed by atoms with E-state index in [4.69, 9.17) is 4.74 Å². The molecule has 0 bridgehead atoms. The average molecular weight is 312 g/mol. The third-order valence-electron chi connectivity index (χ3n) is 2.54. The lowest BCUT2D eigenvalue weighted by molar-refractivity contribution is -0.141. The predicted molar refractivity (Wildman–Crippen MR) is 81.4 cm³/mol. The quantitative estimate of drug-likeness (QED) is 0.835. The maximum atomic E-state index is 13.7. The molecular formula is C15H21FN2O4. The first-order valence-electron chi connectivity index (χ1n) is 6.76. The van der Waals surface area contributed by atoms with Gasteiger partial charge in [0.15, 0.2) is 0 Å². The first-order chi connectivity index (χ1) is 10.1. The molecule has 0 aromatic heterocycles. The minimum atomic E-state index is -0.760. The van der Waals surface area contributed by atoms with E-state index in [0.717, 1.165) is 0 Å². The normalized spacial score (nSPS) is 12.3. The molecule has 122 valence electrons. The summed E-state index contributed by atoms with van der Waals surface area (Å²) in [5.41, 5.74) is -0.266. The van der Waals surface area contributed by atoms with Gasteiger partial charge in [-0.25, -0.2) is 14.0 Å². The number of methoxy groups -OCH3 is 1. The number of ether oxygens (including phenoxy) is 2. The van der Waals surface area contributed by atoms with Crippen LogP contribution < -0.4 is 10.6 Å². The molecule has 0 aliphatic carbocycles. The highest BCUT2D eigenvalue weighted by atomic mass is 19.1. The number of carbonyl (C=O) groups excluding carboxylic acids is 2. The highest BCUT2D eigenvalue weighted by molar-refractivity contribution is 5.86. The van der Waals surface area contributed by atoms with Crippen molar-refractivity contribution in [2.75, 3.05) is 17.7 Å². The molecule has 1 unspecified atom stereocenters. The van der Waals surface area contributed by atoms with Gasteiger partial charge in [-0.2, -0.15) is 0 Å². The van der Waals surface area contributed by atoms with Crippen LogP contribution in [0.2, 0.25) is 0 Å². The lowest BCUT2D eigenvalue weighted by atomic mass is 10.2. The van der Waals surface area contributed by atoms with E-state index in [1.54, 1.807) is 27.7 Å². The third-order valence-corrected chi connectivity index (χ3v) is 2.54. The van der Waals surface area contributed by atoms with E-state index >= 15 is 0 Å². The van der Waals surface area contributed by atoms with E-state index in [2.05, 4.69) is 15.4 Å². The molecule has 0 aliphatic rings. The largest absolute Gasteiger partial charge is 0.467 e. The Balaban J connectivity index is 2.82. The fraction of sp³-hybridized carbons (Fsp3) is 0.467. The Labute approximate surface area is 129 Å². The summed E-state index contributed by atoms with van der Waals surface area (Å²) in [6, 6.07) is 3.40. The smallest absolute Gasteiger partial charge is 0.412 e. The molecule has 0 fully saturated rings. The van der Waals surface area contributed by atoms with Crippen molar-refractivity contribution < 1.29 is 23.5 Å². The highest BCUT2D eigenvalue weighted by Gasteiger charge is 2.18. The van der Waals surface area contributed by atoms with Crippen molar-refractivity contribution >= 4 is 23.4 Å². The summed E-state index contributed by atoms with van der Waals surface area (Å²) in [5, 5.41) is 5.18. The molecule has 0 saturated carbocycles. The number of rotatable bonds is 4. The zero-order chi connectivity index (χ0) is 16.9. The number of halogens is 1. The molecule has 0 heterocycles. The highest BCUT2D eigenvalue weighted by Crippen LogP contribution is 2.21. The van der Waals surface area contributed by atoms with Crippen LogP contribution >= 0.6 is 0 Å². The zero-order valence-corrected chi connectivity index (χ0v) is 13.3. The van der Waals surface area contributed by atoms with Crippen LogP contribution in [-0.2, 0) is 14.3 Å². The van der Waals surface area contributed by atoms with Crippen molar-refractivity contribution in [1.82, 2.24) is 0 Å². The minimum absolute atomic E-state index is 0.0451. The van der Waals surface area contributed by atoms with Gasteiger partial charge in [-0.3, -0.25) is 5.32 Å². The van der Waals surface area contributed by atoms with Crippen molar-refractivity contribution in [3.8, 4) is 0 Å². The Morgan fingerprint density at radius 3 is 2.45 bits per heavy atom. The summed E-state index contributed by atoms with van der Waals surface area (Å²) in [7, 11) is 1.28. The first-order valence-corrected chi connectivity index (χ1v) is 6.76. The van der Waals surface area contributed by atoms with Crippen molar-refractivity contribution in [2.24, 2.45) is 0 Å². The van der Waals surface area contributed by atoms with Crippen molar-refractivity contribution in [3.63, 3.8) is 0 Å². The second-order valence-corrected chi connectivity index (χ2v) is 5.71. The standard InChI is InChI=1S/C15H21FN2O4/c1-9(13(19)21-5)17-10-6-7-11(16)12(8-10)18-14(20)22-15(2,3)4/h6-9,17H,1-5H3,(H,18,20). The molecule has 0 aliphatic heterocycles. The maximum Gasteiger partial charge on any atom is 0.412 e.